The van der Waals surface area contributed by atoms with Gasteiger partial charge in [0.15, 0.2) is 0 Å². The molecule has 0 amide bonds. The Balaban J connectivity index is 1.14. The lowest BCUT2D eigenvalue weighted by molar-refractivity contribution is 0.420. The van der Waals surface area contributed by atoms with Crippen LogP contribution < -0.4 is 9.47 Å². The predicted octanol–water partition coefficient (Wildman–Crippen LogP) is 13.7. The van der Waals surface area contributed by atoms with Crippen molar-refractivity contribution < 1.29 is 9.47 Å². The quantitative estimate of drug-likeness (QED) is 0.175. The van der Waals surface area contributed by atoms with Crippen LogP contribution in [0.5, 0.6) is 11.5 Å². The van der Waals surface area contributed by atoms with E-state index in [-0.39, 0.29) is 0 Å². The Morgan fingerprint density at radius 3 is 0.712 bits per heavy atom. The van der Waals surface area contributed by atoms with Crippen LogP contribution in [0, 0.1) is 0 Å². The zero-order valence-corrected chi connectivity index (χ0v) is 28.7. The standard InChI is InChI=1S/C50H30O2/c1-51-43-25-13-31-9-21-39-35(17-5-29-11-23-41(43)49(31)47(29)39)33-15-3-27-8-20-38-34(16-4-28-7-19-37(33)45(27)46(28)38)36-18-6-30-12-24-42-44(52-2)26-14-32-10-22-40(36)48(30)50(32)42/h3-26H,1-2H3. The van der Waals surface area contributed by atoms with Crippen LogP contribution in [-0.2, 0) is 0 Å². The van der Waals surface area contributed by atoms with Crippen LogP contribution in [-0.4, -0.2) is 14.2 Å². The summed E-state index contributed by atoms with van der Waals surface area (Å²) in [6.07, 6.45) is 0. The van der Waals surface area contributed by atoms with Gasteiger partial charge in [0.1, 0.15) is 11.5 Å². The first-order chi connectivity index (χ1) is 25.7. The maximum Gasteiger partial charge on any atom is 0.126 e. The fourth-order valence-electron chi connectivity index (χ4n) is 9.65. The molecule has 0 aliphatic rings. The Kier molecular flexibility index (Phi) is 5.40. The Morgan fingerprint density at radius 1 is 0.231 bits per heavy atom. The van der Waals surface area contributed by atoms with Crippen LogP contribution in [0.1, 0.15) is 0 Å². The minimum absolute atomic E-state index is 0.912. The van der Waals surface area contributed by atoms with Crippen molar-refractivity contribution in [2.24, 2.45) is 0 Å². The first kappa shape index (κ1) is 28.1. The van der Waals surface area contributed by atoms with E-state index in [9.17, 15) is 0 Å². The van der Waals surface area contributed by atoms with Gasteiger partial charge in [-0.1, -0.05) is 121 Å². The molecule has 0 aliphatic carbocycles. The van der Waals surface area contributed by atoms with Crippen LogP contribution >= 0.6 is 0 Å². The second-order valence-electron chi connectivity index (χ2n) is 14.3. The normalized spacial score (nSPS) is 12.4. The maximum atomic E-state index is 5.81. The van der Waals surface area contributed by atoms with Gasteiger partial charge in [0.25, 0.3) is 0 Å². The summed E-state index contributed by atoms with van der Waals surface area (Å²) < 4.78 is 11.6. The van der Waals surface area contributed by atoms with Crippen molar-refractivity contribution in [1.82, 2.24) is 0 Å². The zero-order valence-electron chi connectivity index (χ0n) is 28.7. The van der Waals surface area contributed by atoms with Crippen molar-refractivity contribution in [1.29, 1.82) is 0 Å². The second-order valence-corrected chi connectivity index (χ2v) is 14.3. The van der Waals surface area contributed by atoms with Gasteiger partial charge < -0.3 is 9.47 Å². The van der Waals surface area contributed by atoms with Gasteiger partial charge in [-0.05, 0) is 122 Å². The molecule has 0 aromatic heterocycles. The Labute approximate surface area is 299 Å². The SMILES string of the molecule is COc1ccc2ccc3c(-c4ccc5ccc6c(-c7ccc8ccc9c(OC)ccc%10ccc7c8c%109)ccc7ccc4c5c76)ccc4ccc1c2c43. The molecular weight excluding hydrogens is 633 g/mol. The number of hydrogen-bond acceptors (Lipinski definition) is 2. The highest BCUT2D eigenvalue weighted by atomic mass is 16.5. The third-order valence-electron chi connectivity index (χ3n) is 11.9. The Hall–Kier alpha value is -6.64. The van der Waals surface area contributed by atoms with Crippen LogP contribution in [0.15, 0.2) is 146 Å². The molecule has 0 atom stereocenters. The zero-order chi connectivity index (χ0) is 34.2. The van der Waals surface area contributed by atoms with Crippen LogP contribution in [0.25, 0.3) is 119 Å². The molecule has 2 nitrogen and oxygen atoms in total. The summed E-state index contributed by atoms with van der Waals surface area (Å²) in [6.45, 7) is 0. The smallest absolute Gasteiger partial charge is 0.126 e. The van der Waals surface area contributed by atoms with E-state index >= 15 is 0 Å². The fraction of sp³-hybridized carbons (Fsp3) is 0.0400. The van der Waals surface area contributed by atoms with E-state index in [1.807, 2.05) is 0 Å². The maximum absolute atomic E-state index is 5.81. The van der Waals surface area contributed by atoms with E-state index < -0.39 is 0 Å². The molecule has 0 N–H and O–H groups in total. The fourth-order valence-corrected chi connectivity index (χ4v) is 9.65. The van der Waals surface area contributed by atoms with Crippen molar-refractivity contribution in [2.75, 3.05) is 14.2 Å². The molecule has 12 aromatic rings. The average Bonchev–Trinajstić information content (AvgIpc) is 3.20. The highest BCUT2D eigenvalue weighted by molar-refractivity contribution is 6.32. The van der Waals surface area contributed by atoms with Gasteiger partial charge >= 0.3 is 0 Å². The lowest BCUT2D eigenvalue weighted by atomic mass is 9.84. The number of hydrogen-bond donors (Lipinski definition) is 0. The molecule has 0 aliphatic heterocycles. The largest absolute Gasteiger partial charge is 0.496 e. The Morgan fingerprint density at radius 2 is 0.442 bits per heavy atom. The van der Waals surface area contributed by atoms with Gasteiger partial charge in [-0.3, -0.25) is 0 Å². The van der Waals surface area contributed by atoms with Gasteiger partial charge in [0, 0.05) is 21.5 Å². The summed E-state index contributed by atoms with van der Waals surface area (Å²) >= 11 is 0. The molecule has 0 spiro atoms. The third-order valence-corrected chi connectivity index (χ3v) is 11.9. The first-order valence-electron chi connectivity index (χ1n) is 17.9. The van der Waals surface area contributed by atoms with Crippen molar-refractivity contribution in [3.8, 4) is 33.8 Å². The summed E-state index contributed by atoms with van der Waals surface area (Å²) in [5.41, 5.74) is 5.03. The minimum Gasteiger partial charge on any atom is -0.496 e. The molecule has 0 radical (unpaired) electrons. The number of methoxy groups -OCH3 is 2. The van der Waals surface area contributed by atoms with E-state index in [1.54, 1.807) is 14.2 Å². The van der Waals surface area contributed by atoms with Gasteiger partial charge in [-0.25, -0.2) is 0 Å². The van der Waals surface area contributed by atoms with Gasteiger partial charge in [0.2, 0.25) is 0 Å². The minimum atomic E-state index is 0.912. The van der Waals surface area contributed by atoms with Crippen LogP contribution in [0.3, 0.4) is 0 Å². The van der Waals surface area contributed by atoms with Crippen LogP contribution in [0.4, 0.5) is 0 Å². The van der Waals surface area contributed by atoms with E-state index in [2.05, 4.69) is 146 Å². The predicted molar refractivity (Wildman–Crippen MR) is 222 cm³/mol. The monoisotopic (exact) mass is 662 g/mol. The summed E-state index contributed by atoms with van der Waals surface area (Å²) in [5, 5.41) is 22.7. The van der Waals surface area contributed by atoms with Crippen molar-refractivity contribution in [2.45, 2.75) is 0 Å². The van der Waals surface area contributed by atoms with E-state index in [1.165, 1.54) is 108 Å². The van der Waals surface area contributed by atoms with E-state index in [0.717, 1.165) is 22.3 Å². The molecule has 12 aromatic carbocycles. The summed E-state index contributed by atoms with van der Waals surface area (Å²) in [6, 6.07) is 54.3. The molecule has 0 unspecified atom stereocenters. The van der Waals surface area contributed by atoms with Crippen molar-refractivity contribution >= 4 is 97.0 Å². The number of ether oxygens (including phenoxy) is 2. The molecule has 12 rings (SSSR count). The highest BCUT2D eigenvalue weighted by Gasteiger charge is 2.20. The number of benzene rings is 12. The summed E-state index contributed by atoms with van der Waals surface area (Å²) in [7, 11) is 3.52. The Bertz CT molecular complexity index is 3200. The topological polar surface area (TPSA) is 18.5 Å². The molecule has 242 valence electrons. The summed E-state index contributed by atoms with van der Waals surface area (Å²) in [4.78, 5) is 0. The highest BCUT2D eigenvalue weighted by Crippen LogP contribution is 2.48. The van der Waals surface area contributed by atoms with Gasteiger partial charge in [0.05, 0.1) is 14.2 Å². The summed E-state index contributed by atoms with van der Waals surface area (Å²) in [5.74, 6) is 1.82. The molecule has 52 heavy (non-hydrogen) atoms. The number of rotatable bonds is 4. The molecule has 0 saturated heterocycles. The molecule has 0 saturated carbocycles. The lowest BCUT2D eigenvalue weighted by Crippen LogP contribution is -1.93. The van der Waals surface area contributed by atoms with Gasteiger partial charge in [-0.15, -0.1) is 0 Å². The molecule has 2 heteroatoms. The third kappa shape index (κ3) is 3.49. The van der Waals surface area contributed by atoms with E-state index in [0.29, 0.717) is 0 Å². The van der Waals surface area contributed by atoms with Crippen molar-refractivity contribution in [3.05, 3.63) is 146 Å². The van der Waals surface area contributed by atoms with Gasteiger partial charge in [-0.2, -0.15) is 0 Å². The molecule has 0 heterocycles. The molecule has 0 fully saturated rings. The molecular formula is C50H30O2. The van der Waals surface area contributed by atoms with Crippen molar-refractivity contribution in [3.63, 3.8) is 0 Å². The lowest BCUT2D eigenvalue weighted by Gasteiger charge is -2.20. The second kappa shape index (κ2) is 9.99. The average molecular weight is 663 g/mol. The van der Waals surface area contributed by atoms with E-state index in [4.69, 9.17) is 9.47 Å². The van der Waals surface area contributed by atoms with Crippen LogP contribution in [0.2, 0.25) is 0 Å². The molecule has 0 bridgehead atoms. The first-order valence-corrected chi connectivity index (χ1v) is 17.9.